The second-order valence-corrected chi connectivity index (χ2v) is 4.20. The van der Waals surface area contributed by atoms with Gasteiger partial charge in [0.15, 0.2) is 5.82 Å². The molecule has 0 spiro atoms. The van der Waals surface area contributed by atoms with Crippen molar-refractivity contribution in [2.45, 2.75) is 13.5 Å². The topological polar surface area (TPSA) is 72.9 Å². The molecule has 2 rings (SSSR count). The third-order valence-corrected chi connectivity index (χ3v) is 2.67. The maximum Gasteiger partial charge on any atom is 0.256 e. The minimum Gasteiger partial charge on any atom is -0.326 e. The van der Waals surface area contributed by atoms with Crippen LogP contribution in [-0.4, -0.2) is 15.7 Å². The van der Waals surface area contributed by atoms with Crippen molar-refractivity contribution in [3.63, 3.8) is 0 Å². The second-order valence-electron chi connectivity index (χ2n) is 4.20. The van der Waals surface area contributed by atoms with Crippen LogP contribution < -0.4 is 11.1 Å². The molecule has 0 atom stereocenters. The Morgan fingerprint density at radius 3 is 2.67 bits per heavy atom. The number of nitrogens with two attached hydrogens (primary N) is 1. The highest BCUT2D eigenvalue weighted by Crippen LogP contribution is 2.13. The van der Waals surface area contributed by atoms with Crippen molar-refractivity contribution in [2.24, 2.45) is 12.8 Å². The highest BCUT2D eigenvalue weighted by atomic mass is 16.1. The summed E-state index contributed by atoms with van der Waals surface area (Å²) in [6, 6.07) is 7.37. The molecule has 0 saturated carbocycles. The summed E-state index contributed by atoms with van der Waals surface area (Å²) in [5.41, 5.74) is 8.13. The van der Waals surface area contributed by atoms with Crippen LogP contribution in [0.4, 0.5) is 5.82 Å². The molecule has 5 heteroatoms. The van der Waals surface area contributed by atoms with Crippen LogP contribution in [0.1, 0.15) is 21.5 Å². The number of benzene rings is 1. The van der Waals surface area contributed by atoms with E-state index in [4.69, 9.17) is 5.73 Å². The molecule has 94 valence electrons. The lowest BCUT2D eigenvalue weighted by Gasteiger charge is -2.04. The number of nitrogens with zero attached hydrogens (tertiary/aromatic N) is 2. The SMILES string of the molecule is Cc1ccc(C(=O)Nc2nn(C)cc2CN)cc1. The van der Waals surface area contributed by atoms with Gasteiger partial charge >= 0.3 is 0 Å². The highest BCUT2D eigenvalue weighted by Gasteiger charge is 2.11. The van der Waals surface area contributed by atoms with Gasteiger partial charge in [0.1, 0.15) is 0 Å². The van der Waals surface area contributed by atoms with Gasteiger partial charge in [-0.3, -0.25) is 9.48 Å². The fourth-order valence-corrected chi connectivity index (χ4v) is 1.68. The van der Waals surface area contributed by atoms with Gasteiger partial charge in [-0.15, -0.1) is 0 Å². The molecule has 0 unspecified atom stereocenters. The number of aryl methyl sites for hydroxylation is 2. The molecule has 1 aromatic heterocycles. The molecule has 1 aromatic carbocycles. The minimum atomic E-state index is -0.177. The Morgan fingerprint density at radius 1 is 1.39 bits per heavy atom. The molecule has 0 fully saturated rings. The van der Waals surface area contributed by atoms with E-state index < -0.39 is 0 Å². The third-order valence-electron chi connectivity index (χ3n) is 2.67. The fourth-order valence-electron chi connectivity index (χ4n) is 1.68. The first-order chi connectivity index (χ1) is 8.60. The summed E-state index contributed by atoms with van der Waals surface area (Å²) in [7, 11) is 1.79. The molecule has 0 bridgehead atoms. The van der Waals surface area contributed by atoms with Crippen molar-refractivity contribution in [3.05, 3.63) is 47.2 Å². The van der Waals surface area contributed by atoms with Crippen LogP contribution in [-0.2, 0) is 13.6 Å². The number of amides is 1. The molecule has 1 amide bonds. The zero-order valence-electron chi connectivity index (χ0n) is 10.5. The maximum atomic E-state index is 12.0. The summed E-state index contributed by atoms with van der Waals surface area (Å²) in [5, 5.41) is 6.94. The standard InChI is InChI=1S/C13H16N4O/c1-9-3-5-10(6-4-9)13(18)15-12-11(7-14)8-17(2)16-12/h3-6,8H,7,14H2,1-2H3,(H,15,16,18). The Morgan fingerprint density at radius 2 is 2.06 bits per heavy atom. The van der Waals surface area contributed by atoms with Gasteiger partial charge in [-0.25, -0.2) is 0 Å². The first-order valence-corrected chi connectivity index (χ1v) is 5.70. The van der Waals surface area contributed by atoms with Gasteiger partial charge in [0, 0.05) is 30.9 Å². The Kier molecular flexibility index (Phi) is 3.43. The Labute approximate surface area is 106 Å². The van der Waals surface area contributed by atoms with Crippen LogP contribution in [0.15, 0.2) is 30.5 Å². The lowest BCUT2D eigenvalue weighted by Crippen LogP contribution is -2.14. The number of hydrogen-bond acceptors (Lipinski definition) is 3. The van der Waals surface area contributed by atoms with E-state index in [1.54, 1.807) is 30.1 Å². The molecule has 2 aromatic rings. The summed E-state index contributed by atoms with van der Waals surface area (Å²) in [5.74, 6) is 0.342. The van der Waals surface area contributed by atoms with Crippen molar-refractivity contribution in [1.29, 1.82) is 0 Å². The molecule has 0 aliphatic heterocycles. The van der Waals surface area contributed by atoms with Gasteiger partial charge in [0.2, 0.25) is 0 Å². The predicted octanol–water partition coefficient (Wildman–Crippen LogP) is 1.44. The average Bonchev–Trinajstić information content (AvgIpc) is 2.70. The van der Waals surface area contributed by atoms with Crippen molar-refractivity contribution in [3.8, 4) is 0 Å². The van der Waals surface area contributed by atoms with E-state index in [1.807, 2.05) is 19.1 Å². The van der Waals surface area contributed by atoms with Crippen molar-refractivity contribution < 1.29 is 4.79 Å². The summed E-state index contributed by atoms with van der Waals surface area (Å²) >= 11 is 0. The number of hydrogen-bond donors (Lipinski definition) is 2. The predicted molar refractivity (Wildman–Crippen MR) is 70.2 cm³/mol. The number of carbonyl (C=O) groups excluding carboxylic acids is 1. The second kappa shape index (κ2) is 5.01. The van der Waals surface area contributed by atoms with Crippen LogP contribution in [0.2, 0.25) is 0 Å². The molecule has 0 aliphatic carbocycles. The Balaban J connectivity index is 2.18. The Bertz CT molecular complexity index is 557. The lowest BCUT2D eigenvalue weighted by molar-refractivity contribution is 0.102. The first kappa shape index (κ1) is 12.3. The van der Waals surface area contributed by atoms with Crippen molar-refractivity contribution >= 4 is 11.7 Å². The number of anilines is 1. The van der Waals surface area contributed by atoms with Gasteiger partial charge in [-0.05, 0) is 19.1 Å². The van der Waals surface area contributed by atoms with Crippen LogP contribution >= 0.6 is 0 Å². The summed E-state index contributed by atoms with van der Waals surface area (Å²) in [4.78, 5) is 12.0. The summed E-state index contributed by atoms with van der Waals surface area (Å²) in [6.45, 7) is 2.32. The fraction of sp³-hybridized carbons (Fsp3) is 0.231. The molecule has 0 radical (unpaired) electrons. The maximum absolute atomic E-state index is 12.0. The van der Waals surface area contributed by atoms with Gasteiger partial charge in [0.05, 0.1) is 0 Å². The molecular formula is C13H16N4O. The normalized spacial score (nSPS) is 10.4. The zero-order valence-corrected chi connectivity index (χ0v) is 10.5. The molecule has 1 heterocycles. The van der Waals surface area contributed by atoms with E-state index in [0.29, 0.717) is 17.9 Å². The average molecular weight is 244 g/mol. The van der Waals surface area contributed by atoms with Crippen LogP contribution in [0.25, 0.3) is 0 Å². The van der Waals surface area contributed by atoms with E-state index >= 15 is 0 Å². The third kappa shape index (κ3) is 2.57. The van der Waals surface area contributed by atoms with E-state index in [2.05, 4.69) is 10.4 Å². The quantitative estimate of drug-likeness (QED) is 0.858. The summed E-state index contributed by atoms with van der Waals surface area (Å²) in [6.07, 6.45) is 1.80. The minimum absolute atomic E-state index is 0.177. The first-order valence-electron chi connectivity index (χ1n) is 5.70. The van der Waals surface area contributed by atoms with E-state index in [1.165, 1.54) is 0 Å². The monoisotopic (exact) mass is 244 g/mol. The summed E-state index contributed by atoms with van der Waals surface area (Å²) < 4.78 is 1.63. The van der Waals surface area contributed by atoms with Gasteiger partial charge in [-0.2, -0.15) is 5.10 Å². The van der Waals surface area contributed by atoms with E-state index in [9.17, 15) is 4.79 Å². The van der Waals surface area contributed by atoms with Gasteiger partial charge < -0.3 is 11.1 Å². The van der Waals surface area contributed by atoms with Crippen LogP contribution in [0, 0.1) is 6.92 Å². The number of nitrogens with one attached hydrogen (secondary N) is 1. The molecule has 0 saturated heterocycles. The number of aromatic nitrogens is 2. The Hall–Kier alpha value is -2.14. The molecule has 3 N–H and O–H groups in total. The van der Waals surface area contributed by atoms with Gasteiger partial charge in [0.25, 0.3) is 5.91 Å². The van der Waals surface area contributed by atoms with E-state index in [0.717, 1.165) is 11.1 Å². The van der Waals surface area contributed by atoms with Crippen LogP contribution in [0.5, 0.6) is 0 Å². The zero-order chi connectivity index (χ0) is 13.1. The number of carbonyl (C=O) groups is 1. The van der Waals surface area contributed by atoms with E-state index in [-0.39, 0.29) is 5.91 Å². The highest BCUT2D eigenvalue weighted by molar-refractivity contribution is 6.04. The van der Waals surface area contributed by atoms with Crippen molar-refractivity contribution in [2.75, 3.05) is 5.32 Å². The van der Waals surface area contributed by atoms with Crippen molar-refractivity contribution in [1.82, 2.24) is 9.78 Å². The van der Waals surface area contributed by atoms with Crippen LogP contribution in [0.3, 0.4) is 0 Å². The number of rotatable bonds is 3. The molecular weight excluding hydrogens is 228 g/mol. The largest absolute Gasteiger partial charge is 0.326 e. The lowest BCUT2D eigenvalue weighted by atomic mass is 10.1. The molecule has 18 heavy (non-hydrogen) atoms. The smallest absolute Gasteiger partial charge is 0.256 e. The molecule has 5 nitrogen and oxygen atoms in total. The molecule has 0 aliphatic rings. The van der Waals surface area contributed by atoms with Gasteiger partial charge in [-0.1, -0.05) is 17.7 Å².